The van der Waals surface area contributed by atoms with Crippen LogP contribution in [0, 0.1) is 11.8 Å². The molecular formula is C14H30Cl2N4O2. The van der Waals surface area contributed by atoms with Crippen molar-refractivity contribution in [3.05, 3.63) is 0 Å². The number of amides is 2. The molecule has 6 nitrogen and oxygen atoms in total. The van der Waals surface area contributed by atoms with Crippen molar-refractivity contribution >= 4 is 36.6 Å². The van der Waals surface area contributed by atoms with E-state index in [0.29, 0.717) is 18.5 Å². The van der Waals surface area contributed by atoms with Gasteiger partial charge < -0.3 is 21.3 Å². The predicted octanol–water partition coefficient (Wildman–Crippen LogP) is 0.386. The normalized spacial score (nSPS) is 16.3. The second kappa shape index (κ2) is 11.0. The third-order valence-corrected chi connectivity index (χ3v) is 3.78. The highest BCUT2D eigenvalue weighted by atomic mass is 35.5. The molecular weight excluding hydrogens is 327 g/mol. The van der Waals surface area contributed by atoms with Gasteiger partial charge in [-0.15, -0.1) is 24.8 Å². The lowest BCUT2D eigenvalue weighted by Gasteiger charge is -2.24. The lowest BCUT2D eigenvalue weighted by molar-refractivity contribution is -0.127. The summed E-state index contributed by atoms with van der Waals surface area (Å²) in [6, 6.07) is -0.184. The Morgan fingerprint density at radius 3 is 2.14 bits per heavy atom. The highest BCUT2D eigenvalue weighted by molar-refractivity contribution is 5.87. The topological polar surface area (TPSA) is 87.5 Å². The van der Waals surface area contributed by atoms with Crippen LogP contribution in [0.3, 0.4) is 0 Å². The van der Waals surface area contributed by atoms with E-state index >= 15 is 0 Å². The summed E-state index contributed by atoms with van der Waals surface area (Å²) >= 11 is 0. The smallest absolute Gasteiger partial charge is 0.239 e. The van der Waals surface area contributed by atoms with Crippen LogP contribution in [0.5, 0.6) is 0 Å². The van der Waals surface area contributed by atoms with Gasteiger partial charge in [0.2, 0.25) is 11.8 Å². The first-order valence-electron chi connectivity index (χ1n) is 7.29. The van der Waals surface area contributed by atoms with E-state index in [9.17, 15) is 9.59 Å². The van der Waals surface area contributed by atoms with Crippen molar-refractivity contribution < 1.29 is 9.59 Å². The first-order chi connectivity index (χ1) is 9.32. The number of hydrogen-bond donors (Lipinski definition) is 3. The van der Waals surface area contributed by atoms with E-state index in [1.54, 1.807) is 0 Å². The monoisotopic (exact) mass is 356 g/mol. The zero-order valence-electron chi connectivity index (χ0n) is 13.8. The van der Waals surface area contributed by atoms with E-state index in [0.717, 1.165) is 0 Å². The summed E-state index contributed by atoms with van der Waals surface area (Å²) in [5.74, 6) is 0.309. The number of carbonyl (C=O) groups is 2. The Bertz CT molecular complexity index is 348. The second-order valence-electron chi connectivity index (χ2n) is 6.16. The van der Waals surface area contributed by atoms with Gasteiger partial charge in [0.05, 0.1) is 12.6 Å². The van der Waals surface area contributed by atoms with Crippen LogP contribution in [0.15, 0.2) is 0 Å². The van der Waals surface area contributed by atoms with E-state index in [1.165, 1.54) is 12.8 Å². The molecule has 8 heteroatoms. The molecule has 0 heterocycles. The van der Waals surface area contributed by atoms with E-state index in [1.807, 2.05) is 27.9 Å². The average Bonchev–Trinajstić information content (AvgIpc) is 3.19. The van der Waals surface area contributed by atoms with Crippen molar-refractivity contribution in [3.8, 4) is 0 Å². The Morgan fingerprint density at radius 2 is 1.73 bits per heavy atom. The van der Waals surface area contributed by atoms with Gasteiger partial charge in [0.15, 0.2) is 0 Å². The minimum atomic E-state index is -0.566. The predicted molar refractivity (Wildman–Crippen MR) is 93.5 cm³/mol. The third kappa shape index (κ3) is 8.17. The lowest BCUT2D eigenvalue weighted by Crippen LogP contribution is -2.48. The van der Waals surface area contributed by atoms with Crippen LogP contribution in [0.2, 0.25) is 0 Å². The Labute approximate surface area is 145 Å². The number of hydrogen-bond acceptors (Lipinski definition) is 4. The van der Waals surface area contributed by atoms with E-state index in [-0.39, 0.29) is 49.1 Å². The van der Waals surface area contributed by atoms with Crippen LogP contribution >= 0.6 is 24.8 Å². The molecule has 22 heavy (non-hydrogen) atoms. The number of carbonyl (C=O) groups excluding carboxylic acids is 2. The summed E-state index contributed by atoms with van der Waals surface area (Å²) < 4.78 is 0. The summed E-state index contributed by atoms with van der Waals surface area (Å²) in [5.41, 5.74) is 5.71. The summed E-state index contributed by atoms with van der Waals surface area (Å²) in [6.45, 7) is 4.37. The van der Waals surface area contributed by atoms with Crippen molar-refractivity contribution in [1.82, 2.24) is 15.5 Å². The van der Waals surface area contributed by atoms with Crippen LogP contribution in [0.4, 0.5) is 0 Å². The van der Waals surface area contributed by atoms with Crippen molar-refractivity contribution in [1.29, 1.82) is 0 Å². The molecule has 0 aliphatic heterocycles. The maximum absolute atomic E-state index is 11.7. The fraction of sp³-hybridized carbons (Fsp3) is 0.857. The number of halogens is 2. The standard InChI is InChI=1S/C14H28N4O2.2ClH/c1-9(2)13(15)14(20)17-8-12(19)16-7-11(18(3)4)10-5-6-10;;/h9-11,13H,5-8,15H2,1-4H3,(H,16,19)(H,17,20);2*1H/t11?,13-;;/m0../s1. The number of likely N-dealkylation sites (N-methyl/N-ethyl adjacent to an activating group) is 1. The maximum Gasteiger partial charge on any atom is 0.239 e. The fourth-order valence-electron chi connectivity index (χ4n) is 2.12. The SMILES string of the molecule is CC(C)[C@H](N)C(=O)NCC(=O)NCC(C1CC1)N(C)C.Cl.Cl. The number of nitrogens with zero attached hydrogens (tertiary/aromatic N) is 1. The largest absolute Gasteiger partial charge is 0.353 e. The average molecular weight is 357 g/mol. The van der Waals surface area contributed by atoms with Gasteiger partial charge in [-0.3, -0.25) is 9.59 Å². The second-order valence-corrected chi connectivity index (χ2v) is 6.16. The first-order valence-corrected chi connectivity index (χ1v) is 7.29. The molecule has 0 aromatic carbocycles. The van der Waals surface area contributed by atoms with Crippen LogP contribution in [0.1, 0.15) is 26.7 Å². The van der Waals surface area contributed by atoms with Crippen LogP contribution in [0.25, 0.3) is 0 Å². The van der Waals surface area contributed by atoms with Gasteiger partial charge >= 0.3 is 0 Å². The highest BCUT2D eigenvalue weighted by Gasteiger charge is 2.32. The van der Waals surface area contributed by atoms with Gasteiger partial charge in [-0.2, -0.15) is 0 Å². The molecule has 0 bridgehead atoms. The van der Waals surface area contributed by atoms with Gasteiger partial charge in [-0.25, -0.2) is 0 Å². The molecule has 0 saturated heterocycles. The van der Waals surface area contributed by atoms with Crippen LogP contribution in [-0.2, 0) is 9.59 Å². The number of rotatable bonds is 8. The summed E-state index contributed by atoms with van der Waals surface area (Å²) in [4.78, 5) is 25.5. The minimum absolute atomic E-state index is 0. The van der Waals surface area contributed by atoms with Gasteiger partial charge in [-0.1, -0.05) is 13.8 Å². The molecule has 1 rings (SSSR count). The Kier molecular flexibility index (Phi) is 11.9. The number of nitrogens with two attached hydrogens (primary N) is 1. The molecule has 2 atom stereocenters. The quantitative estimate of drug-likeness (QED) is 0.586. The molecule has 1 aliphatic carbocycles. The molecule has 0 aromatic heterocycles. The molecule has 1 unspecified atom stereocenters. The molecule has 1 saturated carbocycles. The summed E-state index contributed by atoms with van der Waals surface area (Å²) in [7, 11) is 4.05. The van der Waals surface area contributed by atoms with E-state index in [4.69, 9.17) is 5.73 Å². The van der Waals surface area contributed by atoms with Crippen LogP contribution < -0.4 is 16.4 Å². The van der Waals surface area contributed by atoms with Gasteiger partial charge in [0, 0.05) is 12.6 Å². The van der Waals surface area contributed by atoms with Gasteiger partial charge in [0.1, 0.15) is 0 Å². The van der Waals surface area contributed by atoms with Crippen molar-refractivity contribution in [3.63, 3.8) is 0 Å². The lowest BCUT2D eigenvalue weighted by atomic mass is 10.1. The molecule has 2 amide bonds. The summed E-state index contributed by atoms with van der Waals surface area (Å²) in [5, 5.41) is 5.44. The first kappa shape index (κ1) is 23.7. The molecule has 132 valence electrons. The zero-order chi connectivity index (χ0) is 15.3. The van der Waals surface area contributed by atoms with E-state index < -0.39 is 6.04 Å². The van der Waals surface area contributed by atoms with E-state index in [2.05, 4.69) is 15.5 Å². The van der Waals surface area contributed by atoms with Gasteiger partial charge in [0.25, 0.3) is 0 Å². The van der Waals surface area contributed by atoms with Crippen LogP contribution in [-0.4, -0.2) is 56.0 Å². The molecule has 0 radical (unpaired) electrons. The van der Waals surface area contributed by atoms with Crippen molar-refractivity contribution in [2.24, 2.45) is 17.6 Å². The molecule has 1 aliphatic rings. The fourth-order valence-corrected chi connectivity index (χ4v) is 2.12. The minimum Gasteiger partial charge on any atom is -0.353 e. The molecule has 0 spiro atoms. The van der Waals surface area contributed by atoms with Crippen molar-refractivity contribution in [2.75, 3.05) is 27.2 Å². The number of nitrogens with one attached hydrogen (secondary N) is 2. The Hall–Kier alpha value is -0.560. The van der Waals surface area contributed by atoms with Crippen molar-refractivity contribution in [2.45, 2.75) is 38.8 Å². The maximum atomic E-state index is 11.7. The molecule has 0 aromatic rings. The van der Waals surface area contributed by atoms with Gasteiger partial charge in [-0.05, 0) is 38.8 Å². The third-order valence-electron chi connectivity index (χ3n) is 3.78. The highest BCUT2D eigenvalue weighted by Crippen LogP contribution is 2.34. The molecule has 4 N–H and O–H groups in total. The molecule has 1 fully saturated rings. The Balaban J connectivity index is 0. The Morgan fingerprint density at radius 1 is 1.18 bits per heavy atom. The zero-order valence-corrected chi connectivity index (χ0v) is 15.4. The summed E-state index contributed by atoms with van der Waals surface area (Å²) in [6.07, 6.45) is 2.47.